The SMILES string of the molecule is O=C1c2ccc(Nc3ccccc3)cc2C(=O)N1OCc1ccccc1.[HH]. The lowest BCUT2D eigenvalue weighted by atomic mass is 10.1. The number of carbonyl (C=O) groups excluding carboxylic acids is 2. The molecule has 0 unspecified atom stereocenters. The number of hydroxylamine groups is 2. The van der Waals surface area contributed by atoms with E-state index in [0.717, 1.165) is 22.0 Å². The Morgan fingerprint density at radius 2 is 1.42 bits per heavy atom. The number of nitrogens with zero attached hydrogens (tertiary/aromatic N) is 1. The molecule has 2 amide bonds. The van der Waals surface area contributed by atoms with Crippen LogP contribution in [0.4, 0.5) is 11.4 Å². The summed E-state index contributed by atoms with van der Waals surface area (Å²) < 4.78 is 0. The van der Waals surface area contributed by atoms with Gasteiger partial charge in [-0.05, 0) is 35.9 Å². The van der Waals surface area contributed by atoms with Gasteiger partial charge in [0.1, 0.15) is 6.61 Å². The fourth-order valence-electron chi connectivity index (χ4n) is 2.82. The van der Waals surface area contributed by atoms with E-state index in [-0.39, 0.29) is 8.03 Å². The summed E-state index contributed by atoms with van der Waals surface area (Å²) in [6.07, 6.45) is 0. The molecule has 3 aromatic carbocycles. The minimum absolute atomic E-state index is 0. The first-order valence-electron chi connectivity index (χ1n) is 8.24. The Hall–Kier alpha value is -3.44. The summed E-state index contributed by atoms with van der Waals surface area (Å²) in [5.41, 5.74) is 3.21. The Kier molecular flexibility index (Phi) is 4.21. The third-order valence-electron chi connectivity index (χ3n) is 4.11. The van der Waals surface area contributed by atoms with E-state index in [1.54, 1.807) is 18.2 Å². The lowest BCUT2D eigenvalue weighted by molar-refractivity contribution is -0.101. The lowest BCUT2D eigenvalue weighted by Crippen LogP contribution is -2.29. The molecule has 0 atom stereocenters. The van der Waals surface area contributed by atoms with Crippen LogP contribution in [-0.4, -0.2) is 16.9 Å². The Bertz CT molecular complexity index is 962. The van der Waals surface area contributed by atoms with Crippen LogP contribution in [0.3, 0.4) is 0 Å². The molecule has 1 heterocycles. The van der Waals surface area contributed by atoms with E-state index in [4.69, 9.17) is 4.84 Å². The van der Waals surface area contributed by atoms with Crippen LogP contribution in [0.25, 0.3) is 0 Å². The summed E-state index contributed by atoms with van der Waals surface area (Å²) in [5.74, 6) is -0.884. The van der Waals surface area contributed by atoms with Gasteiger partial charge < -0.3 is 5.32 Å². The van der Waals surface area contributed by atoms with Crippen molar-refractivity contribution < 1.29 is 15.9 Å². The van der Waals surface area contributed by atoms with Gasteiger partial charge in [-0.1, -0.05) is 48.5 Å². The molecule has 26 heavy (non-hydrogen) atoms. The highest BCUT2D eigenvalue weighted by molar-refractivity contribution is 6.20. The highest BCUT2D eigenvalue weighted by Crippen LogP contribution is 2.28. The molecule has 0 spiro atoms. The second kappa shape index (κ2) is 6.82. The van der Waals surface area contributed by atoms with Crippen molar-refractivity contribution in [2.24, 2.45) is 0 Å². The number of nitrogens with one attached hydrogen (secondary N) is 1. The Labute approximate surface area is 152 Å². The molecule has 0 radical (unpaired) electrons. The van der Waals surface area contributed by atoms with Gasteiger partial charge in [-0.15, -0.1) is 5.06 Å². The minimum atomic E-state index is -0.447. The number of hydrogen-bond acceptors (Lipinski definition) is 4. The zero-order valence-corrected chi connectivity index (χ0v) is 13.9. The van der Waals surface area contributed by atoms with E-state index in [0.29, 0.717) is 11.1 Å². The molecule has 5 heteroatoms. The largest absolute Gasteiger partial charge is 0.356 e. The van der Waals surface area contributed by atoms with Crippen molar-refractivity contribution in [3.8, 4) is 0 Å². The summed E-state index contributed by atoms with van der Waals surface area (Å²) in [7, 11) is 0. The van der Waals surface area contributed by atoms with Crippen molar-refractivity contribution in [1.29, 1.82) is 0 Å². The number of hydrogen-bond donors (Lipinski definition) is 1. The molecule has 130 valence electrons. The Balaban J connectivity index is 0.00000210. The molecular weight excluding hydrogens is 328 g/mol. The average molecular weight is 346 g/mol. The molecule has 0 aromatic heterocycles. The highest BCUT2D eigenvalue weighted by Gasteiger charge is 2.37. The van der Waals surface area contributed by atoms with Crippen LogP contribution >= 0.6 is 0 Å². The molecule has 4 rings (SSSR count). The zero-order valence-electron chi connectivity index (χ0n) is 13.9. The Morgan fingerprint density at radius 3 is 2.15 bits per heavy atom. The van der Waals surface area contributed by atoms with Crippen LogP contribution in [0, 0.1) is 0 Å². The Morgan fingerprint density at radius 1 is 0.769 bits per heavy atom. The first kappa shape index (κ1) is 16.1. The van der Waals surface area contributed by atoms with Gasteiger partial charge in [-0.3, -0.25) is 14.4 Å². The summed E-state index contributed by atoms with van der Waals surface area (Å²) in [6.45, 7) is 0.154. The van der Waals surface area contributed by atoms with Gasteiger partial charge in [0.15, 0.2) is 0 Å². The van der Waals surface area contributed by atoms with Crippen LogP contribution < -0.4 is 5.32 Å². The first-order valence-corrected chi connectivity index (χ1v) is 8.24. The maximum Gasteiger partial charge on any atom is 0.285 e. The molecule has 0 aliphatic carbocycles. The highest BCUT2D eigenvalue weighted by atomic mass is 16.7. The van der Waals surface area contributed by atoms with Crippen LogP contribution in [-0.2, 0) is 11.4 Å². The van der Waals surface area contributed by atoms with Crippen molar-refractivity contribution in [2.45, 2.75) is 6.61 Å². The topological polar surface area (TPSA) is 58.6 Å². The van der Waals surface area contributed by atoms with Crippen LogP contribution in [0.1, 0.15) is 27.7 Å². The summed E-state index contributed by atoms with van der Waals surface area (Å²) in [5, 5.41) is 4.06. The fraction of sp³-hybridized carbons (Fsp3) is 0.0476. The molecule has 1 N–H and O–H groups in total. The summed E-state index contributed by atoms with van der Waals surface area (Å²) in [6, 6.07) is 24.1. The molecule has 1 aliphatic heterocycles. The smallest absolute Gasteiger partial charge is 0.285 e. The van der Waals surface area contributed by atoms with Crippen molar-refractivity contribution in [1.82, 2.24) is 5.06 Å². The minimum Gasteiger partial charge on any atom is -0.356 e. The van der Waals surface area contributed by atoms with Crippen LogP contribution in [0.15, 0.2) is 78.9 Å². The number of carbonyl (C=O) groups is 2. The fourth-order valence-corrected chi connectivity index (χ4v) is 2.82. The molecule has 5 nitrogen and oxygen atoms in total. The number of benzene rings is 3. The van der Waals surface area contributed by atoms with Crippen LogP contribution in [0.5, 0.6) is 0 Å². The summed E-state index contributed by atoms with van der Waals surface area (Å²) in [4.78, 5) is 30.5. The van der Waals surface area contributed by atoms with Gasteiger partial charge in [-0.25, -0.2) is 0 Å². The van der Waals surface area contributed by atoms with E-state index < -0.39 is 11.8 Å². The van der Waals surface area contributed by atoms with Gasteiger partial charge in [0.05, 0.1) is 11.1 Å². The first-order chi connectivity index (χ1) is 12.7. The van der Waals surface area contributed by atoms with Gasteiger partial charge in [0.2, 0.25) is 0 Å². The maximum absolute atomic E-state index is 12.6. The van der Waals surface area contributed by atoms with Gasteiger partial charge in [0.25, 0.3) is 11.8 Å². The molecule has 0 saturated heterocycles. The predicted octanol–water partition coefficient (Wildman–Crippen LogP) is 4.40. The van der Waals surface area contributed by atoms with Crippen molar-refractivity contribution in [2.75, 3.05) is 5.32 Å². The molecule has 0 saturated carbocycles. The second-order valence-corrected chi connectivity index (χ2v) is 5.92. The summed E-state index contributed by atoms with van der Waals surface area (Å²) >= 11 is 0. The lowest BCUT2D eigenvalue weighted by Gasteiger charge is -2.13. The molecule has 0 fully saturated rings. The normalized spacial score (nSPS) is 13.0. The molecule has 0 bridgehead atoms. The zero-order chi connectivity index (χ0) is 17.9. The van der Waals surface area contributed by atoms with E-state index >= 15 is 0 Å². The van der Waals surface area contributed by atoms with Gasteiger partial charge in [-0.2, -0.15) is 0 Å². The average Bonchev–Trinajstić information content (AvgIpc) is 2.92. The monoisotopic (exact) mass is 346 g/mol. The molecular formula is C21H18N2O3. The number of rotatable bonds is 5. The third-order valence-corrected chi connectivity index (χ3v) is 4.11. The van der Waals surface area contributed by atoms with Crippen LogP contribution in [0.2, 0.25) is 0 Å². The van der Waals surface area contributed by atoms with Crippen molar-refractivity contribution in [3.05, 3.63) is 95.6 Å². The number of para-hydroxylation sites is 1. The van der Waals surface area contributed by atoms with Crippen molar-refractivity contribution in [3.63, 3.8) is 0 Å². The number of anilines is 2. The van der Waals surface area contributed by atoms with E-state index in [9.17, 15) is 9.59 Å². The number of fused-ring (bicyclic) bond motifs is 1. The van der Waals surface area contributed by atoms with Gasteiger partial charge in [0, 0.05) is 12.8 Å². The number of imide groups is 1. The molecule has 3 aromatic rings. The van der Waals surface area contributed by atoms with E-state index in [1.807, 2.05) is 60.7 Å². The molecule has 1 aliphatic rings. The van der Waals surface area contributed by atoms with E-state index in [2.05, 4.69) is 5.32 Å². The van der Waals surface area contributed by atoms with Gasteiger partial charge >= 0.3 is 0 Å². The third kappa shape index (κ3) is 3.08. The van der Waals surface area contributed by atoms with E-state index in [1.165, 1.54) is 0 Å². The number of amides is 2. The standard InChI is InChI=1S/C21H16N2O3.H2/c24-20-18-12-11-17(22-16-9-5-2-6-10-16)13-19(18)21(25)23(20)26-14-15-7-3-1-4-8-15;/h1-13,22H,14H2;1H. The second-order valence-electron chi connectivity index (χ2n) is 5.92. The predicted molar refractivity (Wildman–Crippen MR) is 100 cm³/mol. The maximum atomic E-state index is 12.6. The quantitative estimate of drug-likeness (QED) is 0.696. The van der Waals surface area contributed by atoms with Crippen molar-refractivity contribution >= 4 is 23.2 Å².